The van der Waals surface area contributed by atoms with Crippen LogP contribution in [0, 0.1) is 18.8 Å². The van der Waals surface area contributed by atoms with Gasteiger partial charge in [-0.1, -0.05) is 57.0 Å². The Balaban J connectivity index is 1.44. The molecule has 7 nitrogen and oxygen atoms in total. The first-order valence-corrected chi connectivity index (χ1v) is 13.5. The van der Waals surface area contributed by atoms with Crippen molar-refractivity contribution in [2.75, 3.05) is 25.9 Å². The molecule has 0 amide bonds. The van der Waals surface area contributed by atoms with Crippen LogP contribution >= 0.6 is 0 Å². The van der Waals surface area contributed by atoms with Crippen molar-refractivity contribution in [2.45, 2.75) is 58.4 Å². The summed E-state index contributed by atoms with van der Waals surface area (Å²) in [4.78, 5) is 24.2. The highest BCUT2D eigenvalue weighted by Gasteiger charge is 2.24. The molecule has 39 heavy (non-hydrogen) atoms. The number of hydrogen-bond acceptors (Lipinski definition) is 6. The number of carbonyl (C=O) groups excluding carboxylic acids is 1. The lowest BCUT2D eigenvalue weighted by Crippen LogP contribution is -2.32. The van der Waals surface area contributed by atoms with Crippen LogP contribution in [0.15, 0.2) is 48.8 Å². The fraction of sp³-hybridized carbons (Fsp3) is 0.375. The second-order valence-electron chi connectivity index (χ2n) is 11.6. The van der Waals surface area contributed by atoms with Gasteiger partial charge in [-0.05, 0) is 80.1 Å². The highest BCUT2D eigenvalue weighted by atomic mass is 16.1. The van der Waals surface area contributed by atoms with E-state index >= 15 is 0 Å². The molecular formula is C32H36N6O. The van der Waals surface area contributed by atoms with Crippen LogP contribution in [0.5, 0.6) is 0 Å². The number of nitrogens with two attached hydrogens (primary N) is 1. The Hall–Kier alpha value is -4.02. The number of hydrogen-bond donors (Lipinski definition) is 1. The summed E-state index contributed by atoms with van der Waals surface area (Å²) in [5, 5.41) is 5.57. The van der Waals surface area contributed by atoms with Gasteiger partial charge >= 0.3 is 0 Å². The molecule has 0 saturated carbocycles. The number of ketones is 1. The fourth-order valence-electron chi connectivity index (χ4n) is 5.06. The number of Topliss-reactive ketones (excluding diaryl/α,β-unsaturated/α-hetero) is 1. The first-order valence-electron chi connectivity index (χ1n) is 13.5. The van der Waals surface area contributed by atoms with E-state index in [1.165, 1.54) is 6.33 Å². The Morgan fingerprint density at radius 2 is 1.85 bits per heavy atom. The Bertz CT molecular complexity index is 1590. The van der Waals surface area contributed by atoms with Crippen LogP contribution < -0.4 is 5.73 Å². The van der Waals surface area contributed by atoms with Crippen molar-refractivity contribution in [1.82, 2.24) is 24.6 Å². The van der Waals surface area contributed by atoms with Crippen LogP contribution in [0.1, 0.15) is 78.0 Å². The van der Waals surface area contributed by atoms with Crippen molar-refractivity contribution < 1.29 is 4.79 Å². The maximum absolute atomic E-state index is 13.1. The van der Waals surface area contributed by atoms with Gasteiger partial charge in [-0.25, -0.2) is 14.6 Å². The second kappa shape index (κ2) is 10.6. The number of aryl methyl sites for hydroxylation is 1. The molecule has 2 aromatic heterocycles. The molecule has 1 saturated heterocycles. The van der Waals surface area contributed by atoms with E-state index in [-0.39, 0.29) is 17.2 Å². The average Bonchev–Trinajstić information content (AvgIpc) is 3.29. The molecular weight excluding hydrogens is 484 g/mol. The third kappa shape index (κ3) is 5.71. The molecule has 7 heteroatoms. The minimum Gasteiger partial charge on any atom is -0.383 e. The first-order chi connectivity index (χ1) is 18.6. The number of likely N-dealkylation sites (tertiary alicyclic amines) is 1. The third-order valence-electron chi connectivity index (χ3n) is 7.58. The summed E-state index contributed by atoms with van der Waals surface area (Å²) < 4.78 is 1.98. The maximum Gasteiger partial charge on any atom is 0.167 e. The van der Waals surface area contributed by atoms with Gasteiger partial charge in [0.2, 0.25) is 0 Å². The van der Waals surface area contributed by atoms with Crippen molar-refractivity contribution in [3.05, 3.63) is 82.3 Å². The van der Waals surface area contributed by atoms with Gasteiger partial charge < -0.3 is 10.6 Å². The summed E-state index contributed by atoms with van der Waals surface area (Å²) in [6.07, 6.45) is 3.80. The zero-order valence-corrected chi connectivity index (χ0v) is 23.5. The molecule has 2 aromatic carbocycles. The Labute approximate surface area is 230 Å². The smallest absolute Gasteiger partial charge is 0.167 e. The van der Waals surface area contributed by atoms with E-state index in [1.807, 2.05) is 48.0 Å². The molecule has 2 N–H and O–H groups in total. The molecule has 0 unspecified atom stereocenters. The summed E-state index contributed by atoms with van der Waals surface area (Å²) in [7, 11) is 2.14. The minimum atomic E-state index is -0.0121. The lowest BCUT2D eigenvalue weighted by molar-refractivity contribution is 0.0993. The number of benzene rings is 2. The highest BCUT2D eigenvalue weighted by Crippen LogP contribution is 2.29. The van der Waals surface area contributed by atoms with Gasteiger partial charge in [-0.3, -0.25) is 4.79 Å². The van der Waals surface area contributed by atoms with Crippen LogP contribution in [0.2, 0.25) is 0 Å². The molecule has 1 aliphatic rings. The van der Waals surface area contributed by atoms with Crippen LogP contribution in [0.25, 0.3) is 11.0 Å². The van der Waals surface area contributed by atoms with Crippen molar-refractivity contribution in [2.24, 2.45) is 0 Å². The van der Waals surface area contributed by atoms with E-state index in [2.05, 4.69) is 60.6 Å². The van der Waals surface area contributed by atoms with Crippen LogP contribution in [-0.4, -0.2) is 50.6 Å². The molecule has 0 bridgehead atoms. The Morgan fingerprint density at radius 3 is 2.59 bits per heavy atom. The molecule has 1 aliphatic heterocycles. The third-order valence-corrected chi connectivity index (χ3v) is 7.58. The number of nitrogen functional groups attached to an aromatic ring is 1. The number of aromatic nitrogens is 4. The molecule has 0 aliphatic carbocycles. The number of rotatable bonds is 4. The number of piperidine rings is 1. The molecule has 5 rings (SSSR count). The average molecular weight is 521 g/mol. The van der Waals surface area contributed by atoms with Crippen molar-refractivity contribution in [3.8, 4) is 11.8 Å². The van der Waals surface area contributed by atoms with E-state index in [0.29, 0.717) is 23.3 Å². The highest BCUT2D eigenvalue weighted by molar-refractivity contribution is 5.97. The Morgan fingerprint density at radius 1 is 1.08 bits per heavy atom. The molecule has 0 spiro atoms. The summed E-state index contributed by atoms with van der Waals surface area (Å²) >= 11 is 0. The topological polar surface area (TPSA) is 89.9 Å². The lowest BCUT2D eigenvalue weighted by atomic mass is 9.85. The molecule has 0 radical (unpaired) electrons. The van der Waals surface area contributed by atoms with Gasteiger partial charge in [0.1, 0.15) is 17.8 Å². The van der Waals surface area contributed by atoms with Gasteiger partial charge in [-0.2, -0.15) is 5.10 Å². The largest absolute Gasteiger partial charge is 0.383 e. The quantitative estimate of drug-likeness (QED) is 0.297. The minimum absolute atomic E-state index is 0.0121. The molecule has 3 heterocycles. The lowest BCUT2D eigenvalue weighted by Gasteiger charge is -2.29. The summed E-state index contributed by atoms with van der Waals surface area (Å²) in [6.45, 7) is 10.5. The maximum atomic E-state index is 13.1. The SMILES string of the molecule is Cc1ccc(CC(=O)c2cccc(C(C)(C)C)c2)cc1C#Cc1nn(C2CCN(C)CC2)c2ncnc(N)c12. The van der Waals surface area contributed by atoms with Crippen molar-refractivity contribution in [3.63, 3.8) is 0 Å². The molecule has 0 atom stereocenters. The normalized spacial score (nSPS) is 14.8. The second-order valence-corrected chi connectivity index (χ2v) is 11.6. The monoisotopic (exact) mass is 520 g/mol. The van der Waals surface area contributed by atoms with Gasteiger partial charge in [0.15, 0.2) is 11.4 Å². The number of nitrogens with zero attached hydrogens (tertiary/aromatic N) is 5. The van der Waals surface area contributed by atoms with E-state index in [9.17, 15) is 4.79 Å². The van der Waals surface area contributed by atoms with Crippen LogP contribution in [-0.2, 0) is 11.8 Å². The van der Waals surface area contributed by atoms with Gasteiger partial charge in [0.25, 0.3) is 0 Å². The summed E-state index contributed by atoms with van der Waals surface area (Å²) in [5.74, 6) is 7.03. The van der Waals surface area contributed by atoms with Crippen LogP contribution in [0.4, 0.5) is 5.82 Å². The van der Waals surface area contributed by atoms with Gasteiger partial charge in [-0.15, -0.1) is 0 Å². The van der Waals surface area contributed by atoms with Crippen LogP contribution in [0.3, 0.4) is 0 Å². The number of carbonyl (C=O) groups is 1. The standard InChI is InChI=1S/C32H36N6O/c1-21-9-10-22(18-28(39)24-7-6-8-25(19-24)32(2,3)4)17-23(21)11-12-27-29-30(33)34-20-35-31(29)38(36-27)26-13-15-37(5)16-14-26/h6-10,17,19-20,26H,13-16,18H2,1-5H3,(H2,33,34,35). The zero-order valence-electron chi connectivity index (χ0n) is 23.5. The van der Waals surface area contributed by atoms with Gasteiger partial charge in [0, 0.05) is 17.5 Å². The number of fused-ring (bicyclic) bond motifs is 1. The first kappa shape index (κ1) is 26.6. The predicted octanol–water partition coefficient (Wildman–Crippen LogP) is 5.11. The fourth-order valence-corrected chi connectivity index (χ4v) is 5.06. The zero-order chi connectivity index (χ0) is 27.7. The van der Waals surface area contributed by atoms with Crippen molar-refractivity contribution in [1.29, 1.82) is 0 Å². The van der Waals surface area contributed by atoms with Gasteiger partial charge in [0.05, 0.1) is 11.4 Å². The molecule has 200 valence electrons. The molecule has 4 aromatic rings. The van der Waals surface area contributed by atoms with E-state index in [4.69, 9.17) is 10.8 Å². The van der Waals surface area contributed by atoms with E-state index < -0.39 is 0 Å². The Kier molecular flexibility index (Phi) is 7.24. The summed E-state index contributed by atoms with van der Waals surface area (Å²) in [5.41, 5.74) is 12.3. The van der Waals surface area contributed by atoms with E-state index in [0.717, 1.165) is 59.4 Å². The molecule has 1 fully saturated rings. The van der Waals surface area contributed by atoms with E-state index in [1.54, 1.807) is 0 Å². The number of anilines is 1. The van der Waals surface area contributed by atoms with Crippen molar-refractivity contribution >= 4 is 22.6 Å². The predicted molar refractivity (Wildman–Crippen MR) is 156 cm³/mol. The summed E-state index contributed by atoms with van der Waals surface area (Å²) in [6, 6.07) is 14.2.